The topological polar surface area (TPSA) is 15.3 Å². The van der Waals surface area contributed by atoms with E-state index in [1.807, 2.05) is 0 Å². The highest BCUT2D eigenvalue weighted by molar-refractivity contribution is 7.99. The molecule has 3 heteroatoms. The van der Waals surface area contributed by atoms with Crippen molar-refractivity contribution in [1.29, 1.82) is 0 Å². The van der Waals surface area contributed by atoms with Crippen molar-refractivity contribution >= 4 is 11.8 Å². The van der Waals surface area contributed by atoms with Crippen molar-refractivity contribution in [3.8, 4) is 0 Å². The predicted octanol–water partition coefficient (Wildman–Crippen LogP) is 2.06. The first-order valence-electron chi connectivity index (χ1n) is 6.13. The van der Waals surface area contributed by atoms with Crippen molar-refractivity contribution in [3.05, 3.63) is 0 Å². The molecule has 1 fully saturated rings. The highest BCUT2D eigenvalue weighted by atomic mass is 32.2. The highest BCUT2D eigenvalue weighted by Crippen LogP contribution is 2.29. The third-order valence-corrected chi connectivity index (χ3v) is 4.34. The Morgan fingerprint density at radius 3 is 2.73 bits per heavy atom. The summed E-state index contributed by atoms with van der Waals surface area (Å²) in [6.45, 7) is 1.21. The molecule has 1 rings (SSSR count). The average molecular weight is 230 g/mol. The van der Waals surface area contributed by atoms with E-state index in [1.165, 1.54) is 43.7 Å². The average Bonchev–Trinajstić information content (AvgIpc) is 2.64. The van der Waals surface area contributed by atoms with E-state index >= 15 is 0 Å². The fourth-order valence-electron chi connectivity index (χ4n) is 2.35. The smallest absolute Gasteiger partial charge is 0.00926 e. The lowest BCUT2D eigenvalue weighted by Gasteiger charge is -2.18. The molecule has 0 aromatic carbocycles. The van der Waals surface area contributed by atoms with Gasteiger partial charge in [-0.05, 0) is 52.1 Å². The van der Waals surface area contributed by atoms with Gasteiger partial charge in [-0.3, -0.25) is 0 Å². The maximum absolute atomic E-state index is 3.46. The Hall–Kier alpha value is 0.270. The van der Waals surface area contributed by atoms with Crippen molar-refractivity contribution in [2.45, 2.75) is 31.7 Å². The van der Waals surface area contributed by atoms with Gasteiger partial charge in [0.1, 0.15) is 0 Å². The molecule has 2 unspecified atom stereocenters. The zero-order chi connectivity index (χ0) is 11.1. The molecule has 0 aliphatic heterocycles. The molecule has 0 bridgehead atoms. The largest absolute Gasteiger partial charge is 0.317 e. The number of thioether (sulfide) groups is 1. The molecule has 0 spiro atoms. The predicted molar refractivity (Wildman–Crippen MR) is 70.7 cm³/mol. The monoisotopic (exact) mass is 230 g/mol. The number of hydrogen-bond acceptors (Lipinski definition) is 3. The summed E-state index contributed by atoms with van der Waals surface area (Å²) in [5.74, 6) is 3.57. The van der Waals surface area contributed by atoms with Crippen LogP contribution in [0.25, 0.3) is 0 Å². The molecule has 1 aliphatic carbocycles. The van der Waals surface area contributed by atoms with Gasteiger partial charge < -0.3 is 10.2 Å². The first kappa shape index (κ1) is 13.3. The van der Waals surface area contributed by atoms with Crippen LogP contribution in [0.1, 0.15) is 25.7 Å². The summed E-state index contributed by atoms with van der Waals surface area (Å²) in [6.07, 6.45) is 5.67. The third kappa shape index (κ3) is 5.23. The van der Waals surface area contributed by atoms with Crippen LogP contribution in [0, 0.1) is 5.92 Å². The molecule has 0 amide bonds. The van der Waals surface area contributed by atoms with Crippen LogP contribution in [-0.2, 0) is 0 Å². The van der Waals surface area contributed by atoms with Crippen molar-refractivity contribution in [3.63, 3.8) is 0 Å². The van der Waals surface area contributed by atoms with Crippen LogP contribution < -0.4 is 5.32 Å². The van der Waals surface area contributed by atoms with E-state index in [2.05, 4.69) is 43.1 Å². The van der Waals surface area contributed by atoms with Crippen LogP contribution in [0.3, 0.4) is 0 Å². The maximum atomic E-state index is 3.46. The van der Waals surface area contributed by atoms with Gasteiger partial charge in [0.05, 0.1) is 0 Å². The van der Waals surface area contributed by atoms with Crippen LogP contribution in [0.4, 0.5) is 0 Å². The quantitative estimate of drug-likeness (QED) is 0.674. The van der Waals surface area contributed by atoms with E-state index in [1.54, 1.807) is 0 Å². The first-order valence-corrected chi connectivity index (χ1v) is 7.29. The number of nitrogens with zero attached hydrogens (tertiary/aromatic N) is 1. The number of hydrogen-bond donors (Lipinski definition) is 1. The fraction of sp³-hybridized carbons (Fsp3) is 1.00. The molecule has 0 saturated heterocycles. The molecule has 0 heterocycles. The van der Waals surface area contributed by atoms with E-state index < -0.39 is 0 Å². The summed E-state index contributed by atoms with van der Waals surface area (Å²) in [5.41, 5.74) is 0. The first-order chi connectivity index (χ1) is 7.24. The molecule has 1 saturated carbocycles. The molecule has 15 heavy (non-hydrogen) atoms. The second kappa shape index (κ2) is 7.53. The molecule has 90 valence electrons. The SMILES string of the molecule is CNC1CCCC1CCSCCN(C)C. The van der Waals surface area contributed by atoms with Crippen molar-refractivity contribution in [2.24, 2.45) is 5.92 Å². The van der Waals surface area contributed by atoms with E-state index in [9.17, 15) is 0 Å². The van der Waals surface area contributed by atoms with Gasteiger partial charge in [0.15, 0.2) is 0 Å². The Morgan fingerprint density at radius 2 is 2.07 bits per heavy atom. The lowest BCUT2D eigenvalue weighted by atomic mass is 10.0. The minimum Gasteiger partial charge on any atom is -0.317 e. The summed E-state index contributed by atoms with van der Waals surface area (Å²) in [7, 11) is 6.41. The molecule has 0 radical (unpaired) electrons. The van der Waals surface area contributed by atoms with Gasteiger partial charge >= 0.3 is 0 Å². The molecule has 0 aromatic rings. The number of nitrogens with one attached hydrogen (secondary N) is 1. The van der Waals surface area contributed by atoms with E-state index in [-0.39, 0.29) is 0 Å². The maximum Gasteiger partial charge on any atom is 0.00926 e. The van der Waals surface area contributed by atoms with E-state index in [0.717, 1.165) is 12.0 Å². The Morgan fingerprint density at radius 1 is 1.27 bits per heavy atom. The molecule has 0 aromatic heterocycles. The summed E-state index contributed by atoms with van der Waals surface area (Å²) in [6, 6.07) is 0.805. The molecular formula is C12H26N2S. The van der Waals surface area contributed by atoms with Gasteiger partial charge in [0.25, 0.3) is 0 Å². The van der Waals surface area contributed by atoms with Gasteiger partial charge in [-0.25, -0.2) is 0 Å². The summed E-state index contributed by atoms with van der Waals surface area (Å²) in [5, 5.41) is 3.46. The van der Waals surface area contributed by atoms with Crippen LogP contribution in [0.5, 0.6) is 0 Å². The standard InChI is InChI=1S/C12H26N2S/c1-13-12-6-4-5-11(12)7-9-15-10-8-14(2)3/h11-13H,4-10H2,1-3H3. The van der Waals surface area contributed by atoms with E-state index in [0.29, 0.717) is 0 Å². The van der Waals surface area contributed by atoms with Gasteiger partial charge in [0.2, 0.25) is 0 Å². The molecule has 1 N–H and O–H groups in total. The van der Waals surface area contributed by atoms with Crippen molar-refractivity contribution in [1.82, 2.24) is 10.2 Å². The minimum absolute atomic E-state index is 0.805. The Labute approximate surface area is 99.2 Å². The molecule has 1 aliphatic rings. The van der Waals surface area contributed by atoms with Gasteiger partial charge in [0, 0.05) is 18.3 Å². The zero-order valence-corrected chi connectivity index (χ0v) is 11.3. The Kier molecular flexibility index (Phi) is 6.69. The van der Waals surface area contributed by atoms with Crippen molar-refractivity contribution in [2.75, 3.05) is 39.2 Å². The third-order valence-electron chi connectivity index (χ3n) is 3.35. The summed E-state index contributed by atoms with van der Waals surface area (Å²) < 4.78 is 0. The lowest BCUT2D eigenvalue weighted by Crippen LogP contribution is -2.29. The minimum atomic E-state index is 0.805. The van der Waals surface area contributed by atoms with E-state index in [4.69, 9.17) is 0 Å². The lowest BCUT2D eigenvalue weighted by molar-refractivity contribution is 0.416. The van der Waals surface area contributed by atoms with Crippen LogP contribution in [0.15, 0.2) is 0 Å². The number of rotatable bonds is 7. The van der Waals surface area contributed by atoms with Gasteiger partial charge in [-0.2, -0.15) is 11.8 Å². The molecular weight excluding hydrogens is 204 g/mol. The summed E-state index contributed by atoms with van der Waals surface area (Å²) >= 11 is 2.11. The second-order valence-corrected chi connectivity index (χ2v) is 6.02. The second-order valence-electron chi connectivity index (χ2n) is 4.79. The molecule has 2 atom stereocenters. The van der Waals surface area contributed by atoms with Crippen LogP contribution in [0.2, 0.25) is 0 Å². The fourth-order valence-corrected chi connectivity index (χ4v) is 3.51. The Bertz CT molecular complexity index is 162. The van der Waals surface area contributed by atoms with Crippen LogP contribution >= 0.6 is 11.8 Å². The van der Waals surface area contributed by atoms with Crippen LogP contribution in [-0.4, -0.2) is 50.1 Å². The zero-order valence-electron chi connectivity index (χ0n) is 10.5. The van der Waals surface area contributed by atoms with Crippen molar-refractivity contribution < 1.29 is 0 Å². The van der Waals surface area contributed by atoms with Gasteiger partial charge in [-0.1, -0.05) is 6.42 Å². The van der Waals surface area contributed by atoms with Gasteiger partial charge in [-0.15, -0.1) is 0 Å². The highest BCUT2D eigenvalue weighted by Gasteiger charge is 2.24. The Balaban J connectivity index is 1.99. The molecule has 2 nitrogen and oxygen atoms in total. The normalized spacial score (nSPS) is 26.4. The summed E-state index contributed by atoms with van der Waals surface area (Å²) in [4.78, 5) is 2.26.